The first kappa shape index (κ1) is 17.1. The van der Waals surface area contributed by atoms with Crippen molar-refractivity contribution in [2.45, 2.75) is 6.18 Å². The Hall–Kier alpha value is -2.28. The second-order valence-electron chi connectivity index (χ2n) is 4.57. The lowest BCUT2D eigenvalue weighted by atomic mass is 10.1. The van der Waals surface area contributed by atoms with E-state index in [9.17, 15) is 22.4 Å². The van der Waals surface area contributed by atoms with E-state index in [1.807, 2.05) is 0 Å². The molecule has 2 N–H and O–H groups in total. The Morgan fingerprint density at radius 1 is 1.13 bits per heavy atom. The Morgan fingerprint density at radius 3 is 2.48 bits per heavy atom. The first-order valence-electron chi connectivity index (χ1n) is 6.42. The van der Waals surface area contributed by atoms with Gasteiger partial charge in [-0.1, -0.05) is 23.7 Å². The van der Waals surface area contributed by atoms with Gasteiger partial charge in [-0.25, -0.2) is 4.39 Å². The molecular formula is C15H11ClF4N2O. The SMILES string of the molecule is O=C(CNc1ccc(F)c(Cl)c1)Nc1ccccc1C(F)(F)F. The number of halogens is 5. The van der Waals surface area contributed by atoms with Crippen molar-refractivity contribution < 1.29 is 22.4 Å². The molecule has 122 valence electrons. The van der Waals surface area contributed by atoms with Gasteiger partial charge in [-0.3, -0.25) is 4.79 Å². The standard InChI is InChI=1S/C15H11ClF4N2O/c16-11-7-9(5-6-12(11)17)21-8-14(23)22-13-4-2-1-3-10(13)15(18,19)20/h1-7,21H,8H2,(H,22,23). The van der Waals surface area contributed by atoms with Gasteiger partial charge in [-0.05, 0) is 30.3 Å². The van der Waals surface area contributed by atoms with E-state index in [0.717, 1.165) is 18.2 Å². The molecule has 0 heterocycles. The molecule has 2 aromatic carbocycles. The fourth-order valence-electron chi connectivity index (χ4n) is 1.82. The highest BCUT2D eigenvalue weighted by Gasteiger charge is 2.33. The highest BCUT2D eigenvalue weighted by molar-refractivity contribution is 6.31. The summed E-state index contributed by atoms with van der Waals surface area (Å²) in [6, 6.07) is 8.40. The Labute approximate surface area is 134 Å². The second-order valence-corrected chi connectivity index (χ2v) is 4.98. The van der Waals surface area contributed by atoms with Crippen LogP contribution in [0.15, 0.2) is 42.5 Å². The number of alkyl halides is 3. The maximum atomic E-state index is 13.0. The lowest BCUT2D eigenvalue weighted by Crippen LogP contribution is -2.23. The van der Waals surface area contributed by atoms with E-state index in [0.29, 0.717) is 5.69 Å². The molecule has 0 saturated carbocycles. The lowest BCUT2D eigenvalue weighted by Gasteiger charge is -2.14. The van der Waals surface area contributed by atoms with Crippen LogP contribution in [0.4, 0.5) is 28.9 Å². The van der Waals surface area contributed by atoms with Gasteiger partial charge in [0.2, 0.25) is 5.91 Å². The largest absolute Gasteiger partial charge is 0.418 e. The Bertz CT molecular complexity index is 719. The summed E-state index contributed by atoms with van der Waals surface area (Å²) in [4.78, 5) is 11.8. The summed E-state index contributed by atoms with van der Waals surface area (Å²) in [6.07, 6.45) is -4.57. The molecule has 0 saturated heterocycles. The van der Waals surface area contributed by atoms with Crippen molar-refractivity contribution in [3.8, 4) is 0 Å². The van der Waals surface area contributed by atoms with Crippen LogP contribution >= 0.6 is 11.6 Å². The maximum absolute atomic E-state index is 13.0. The van der Waals surface area contributed by atoms with Gasteiger partial charge < -0.3 is 10.6 Å². The van der Waals surface area contributed by atoms with E-state index < -0.39 is 23.5 Å². The minimum atomic E-state index is -4.57. The summed E-state index contributed by atoms with van der Waals surface area (Å²) in [5.74, 6) is -1.29. The van der Waals surface area contributed by atoms with Gasteiger partial charge in [0.15, 0.2) is 0 Å². The molecule has 8 heteroatoms. The smallest absolute Gasteiger partial charge is 0.376 e. The number of amides is 1. The van der Waals surface area contributed by atoms with Crippen molar-refractivity contribution in [1.29, 1.82) is 0 Å². The molecule has 0 fully saturated rings. The third kappa shape index (κ3) is 4.59. The van der Waals surface area contributed by atoms with Gasteiger partial charge in [0.25, 0.3) is 0 Å². The summed E-state index contributed by atoms with van der Waals surface area (Å²) in [7, 11) is 0. The predicted molar refractivity (Wildman–Crippen MR) is 80.0 cm³/mol. The van der Waals surface area contributed by atoms with Crippen LogP contribution in [0.2, 0.25) is 5.02 Å². The molecule has 0 aliphatic heterocycles. The number of benzene rings is 2. The van der Waals surface area contributed by atoms with Crippen LogP contribution in [0.5, 0.6) is 0 Å². The van der Waals surface area contributed by atoms with Crippen LogP contribution < -0.4 is 10.6 Å². The number of rotatable bonds is 4. The van der Waals surface area contributed by atoms with E-state index in [1.165, 1.54) is 24.3 Å². The quantitative estimate of drug-likeness (QED) is 0.797. The number of hydrogen-bond acceptors (Lipinski definition) is 2. The lowest BCUT2D eigenvalue weighted by molar-refractivity contribution is -0.137. The van der Waals surface area contributed by atoms with E-state index in [1.54, 1.807) is 0 Å². The zero-order chi connectivity index (χ0) is 17.0. The molecule has 2 rings (SSSR count). The number of anilines is 2. The maximum Gasteiger partial charge on any atom is 0.418 e. The van der Waals surface area contributed by atoms with Gasteiger partial charge in [0.1, 0.15) is 5.82 Å². The average Bonchev–Trinajstić information content (AvgIpc) is 2.48. The van der Waals surface area contributed by atoms with Crippen molar-refractivity contribution in [2.75, 3.05) is 17.2 Å². The van der Waals surface area contributed by atoms with Crippen molar-refractivity contribution in [3.05, 3.63) is 58.9 Å². The summed E-state index contributed by atoms with van der Waals surface area (Å²) in [5.41, 5.74) is -0.891. The van der Waals surface area contributed by atoms with Crippen LogP contribution in [-0.2, 0) is 11.0 Å². The highest BCUT2D eigenvalue weighted by atomic mass is 35.5. The minimum Gasteiger partial charge on any atom is -0.376 e. The molecule has 0 radical (unpaired) electrons. The fraction of sp³-hybridized carbons (Fsp3) is 0.133. The molecular weight excluding hydrogens is 336 g/mol. The van der Waals surface area contributed by atoms with E-state index in [4.69, 9.17) is 11.6 Å². The normalized spacial score (nSPS) is 11.2. The van der Waals surface area contributed by atoms with Gasteiger partial charge in [0.05, 0.1) is 22.8 Å². The fourth-order valence-corrected chi connectivity index (χ4v) is 2.00. The third-order valence-corrected chi connectivity index (χ3v) is 3.17. The zero-order valence-corrected chi connectivity index (χ0v) is 12.3. The van der Waals surface area contributed by atoms with Gasteiger partial charge in [0, 0.05) is 5.69 Å². The number of carbonyl (C=O) groups is 1. The van der Waals surface area contributed by atoms with E-state index in [2.05, 4.69) is 10.6 Å². The van der Waals surface area contributed by atoms with Crippen molar-refractivity contribution >= 4 is 28.9 Å². The minimum absolute atomic E-state index is 0.127. The molecule has 0 spiro atoms. The molecule has 0 bridgehead atoms. The summed E-state index contributed by atoms with van der Waals surface area (Å²) in [6.45, 7) is -0.297. The third-order valence-electron chi connectivity index (χ3n) is 2.88. The van der Waals surface area contributed by atoms with Crippen LogP contribution in [0.3, 0.4) is 0 Å². The van der Waals surface area contributed by atoms with E-state index >= 15 is 0 Å². The molecule has 0 atom stereocenters. The van der Waals surface area contributed by atoms with Gasteiger partial charge >= 0.3 is 6.18 Å². The van der Waals surface area contributed by atoms with Gasteiger partial charge in [-0.2, -0.15) is 13.2 Å². The summed E-state index contributed by atoms with van der Waals surface area (Å²) in [5, 5.41) is 4.70. The second kappa shape index (κ2) is 6.87. The average molecular weight is 347 g/mol. The topological polar surface area (TPSA) is 41.1 Å². The first-order chi connectivity index (χ1) is 10.8. The molecule has 23 heavy (non-hydrogen) atoms. The van der Waals surface area contributed by atoms with E-state index in [-0.39, 0.29) is 17.3 Å². The number of para-hydroxylation sites is 1. The number of carbonyl (C=O) groups excluding carboxylic acids is 1. The summed E-state index contributed by atoms with van der Waals surface area (Å²) < 4.78 is 51.4. The molecule has 0 aliphatic rings. The number of nitrogens with one attached hydrogen (secondary N) is 2. The van der Waals surface area contributed by atoms with Crippen molar-refractivity contribution in [1.82, 2.24) is 0 Å². The Kier molecular flexibility index (Phi) is 5.10. The molecule has 1 amide bonds. The molecule has 0 unspecified atom stereocenters. The zero-order valence-electron chi connectivity index (χ0n) is 11.5. The number of hydrogen-bond donors (Lipinski definition) is 2. The predicted octanol–water partition coefficient (Wildman–Crippen LogP) is 4.55. The van der Waals surface area contributed by atoms with Crippen molar-refractivity contribution in [3.63, 3.8) is 0 Å². The molecule has 2 aromatic rings. The van der Waals surface area contributed by atoms with Crippen LogP contribution in [0, 0.1) is 5.82 Å². The van der Waals surface area contributed by atoms with Crippen LogP contribution in [-0.4, -0.2) is 12.5 Å². The van der Waals surface area contributed by atoms with Crippen LogP contribution in [0.1, 0.15) is 5.56 Å². The highest BCUT2D eigenvalue weighted by Crippen LogP contribution is 2.34. The Morgan fingerprint density at radius 2 is 1.83 bits per heavy atom. The molecule has 0 aromatic heterocycles. The summed E-state index contributed by atoms with van der Waals surface area (Å²) >= 11 is 5.59. The Balaban J connectivity index is 2.02. The molecule has 3 nitrogen and oxygen atoms in total. The van der Waals surface area contributed by atoms with Crippen molar-refractivity contribution in [2.24, 2.45) is 0 Å². The molecule has 0 aliphatic carbocycles. The first-order valence-corrected chi connectivity index (χ1v) is 6.80. The van der Waals surface area contributed by atoms with Gasteiger partial charge in [-0.15, -0.1) is 0 Å². The monoisotopic (exact) mass is 346 g/mol. The van der Waals surface area contributed by atoms with Crippen LogP contribution in [0.25, 0.3) is 0 Å².